The summed E-state index contributed by atoms with van der Waals surface area (Å²) >= 11 is 0. The monoisotopic (exact) mass is 313 g/mol. The highest BCUT2D eigenvalue weighted by atomic mass is 16.4. The van der Waals surface area contributed by atoms with Crippen molar-refractivity contribution < 1.29 is 9.90 Å². The highest BCUT2D eigenvalue weighted by Gasteiger charge is 2.46. The molecule has 1 saturated heterocycles. The molecule has 0 bridgehead atoms. The third-order valence-electron chi connectivity index (χ3n) is 4.77. The summed E-state index contributed by atoms with van der Waals surface area (Å²) in [5, 5.41) is 9.86. The summed E-state index contributed by atoms with van der Waals surface area (Å²) in [6.07, 6.45) is 4.36. The molecule has 5 heteroatoms. The molecule has 0 amide bonds. The summed E-state index contributed by atoms with van der Waals surface area (Å²) in [4.78, 5) is 18.5. The van der Waals surface area contributed by atoms with Crippen LogP contribution in [-0.2, 0) is 16.8 Å². The normalized spacial score (nSPS) is 21.9. The van der Waals surface area contributed by atoms with Crippen LogP contribution in [-0.4, -0.2) is 38.6 Å². The topological polar surface area (TPSA) is 58.4 Å². The van der Waals surface area contributed by atoms with Gasteiger partial charge in [-0.1, -0.05) is 30.3 Å². The van der Waals surface area contributed by atoms with Crippen LogP contribution in [0.25, 0.3) is 0 Å². The Morgan fingerprint density at radius 1 is 1.35 bits per heavy atom. The minimum Gasteiger partial charge on any atom is -0.481 e. The maximum absolute atomic E-state index is 12.0. The van der Waals surface area contributed by atoms with Crippen molar-refractivity contribution in [3.05, 3.63) is 54.1 Å². The minimum absolute atomic E-state index is 0.355. The highest BCUT2D eigenvalue weighted by molar-refractivity contribution is 5.82. The predicted octanol–water partition coefficient (Wildman–Crippen LogP) is 2.69. The van der Waals surface area contributed by atoms with Gasteiger partial charge >= 0.3 is 5.97 Å². The maximum atomic E-state index is 12.0. The zero-order chi connectivity index (χ0) is 16.4. The first-order chi connectivity index (χ1) is 11.0. The van der Waals surface area contributed by atoms with Crippen LogP contribution in [0.2, 0.25) is 0 Å². The van der Waals surface area contributed by atoms with Gasteiger partial charge in [-0.25, -0.2) is 4.98 Å². The Bertz CT molecular complexity index is 681. The van der Waals surface area contributed by atoms with E-state index in [-0.39, 0.29) is 0 Å². The van der Waals surface area contributed by atoms with Crippen LogP contribution in [0.1, 0.15) is 37.6 Å². The van der Waals surface area contributed by atoms with E-state index >= 15 is 0 Å². The summed E-state index contributed by atoms with van der Waals surface area (Å²) in [5.41, 5.74) is 1.23. The third-order valence-corrected chi connectivity index (χ3v) is 4.77. The molecule has 1 fully saturated rings. The average molecular weight is 313 g/mol. The molecule has 1 aromatic carbocycles. The first-order valence-corrected chi connectivity index (χ1v) is 8.05. The van der Waals surface area contributed by atoms with Crippen LogP contribution in [0.4, 0.5) is 0 Å². The molecular weight excluding hydrogens is 290 g/mol. The second-order valence-corrected chi connectivity index (χ2v) is 6.60. The zero-order valence-corrected chi connectivity index (χ0v) is 13.6. The molecule has 1 aliphatic heterocycles. The maximum Gasteiger partial charge on any atom is 0.315 e. The van der Waals surface area contributed by atoms with Crippen molar-refractivity contribution in [2.24, 2.45) is 0 Å². The largest absolute Gasteiger partial charge is 0.481 e. The molecule has 2 heterocycles. The summed E-state index contributed by atoms with van der Waals surface area (Å²) in [6, 6.07) is 9.96. The van der Waals surface area contributed by atoms with Gasteiger partial charge in [0.25, 0.3) is 0 Å². The Labute approximate surface area is 136 Å². The Morgan fingerprint density at radius 3 is 2.74 bits per heavy atom. The molecule has 122 valence electrons. The molecule has 0 aliphatic carbocycles. The lowest BCUT2D eigenvalue weighted by atomic mass is 9.80. The standard InChI is InChI=1S/C18H23N3O2/c1-14(2)21-13-19-10-16(21)11-20-9-8-18(12-20,17(22)23)15-6-4-3-5-7-15/h3-7,10,13-14H,8-9,11-12H2,1-2H3,(H,22,23). The molecule has 1 aromatic heterocycles. The molecule has 0 saturated carbocycles. The number of imidazole rings is 1. The van der Waals surface area contributed by atoms with E-state index in [1.54, 1.807) is 0 Å². The lowest BCUT2D eigenvalue weighted by Crippen LogP contribution is -2.38. The fraction of sp³-hybridized carbons (Fsp3) is 0.444. The number of hydrogen-bond acceptors (Lipinski definition) is 3. The molecule has 1 atom stereocenters. The SMILES string of the molecule is CC(C)n1cncc1CN1CCC(C(=O)O)(c2ccccc2)C1. The lowest BCUT2D eigenvalue weighted by molar-refractivity contribution is -0.143. The quantitative estimate of drug-likeness (QED) is 0.922. The van der Waals surface area contributed by atoms with Gasteiger partial charge in [-0.3, -0.25) is 9.69 Å². The summed E-state index contributed by atoms with van der Waals surface area (Å²) < 4.78 is 2.14. The second kappa shape index (κ2) is 6.16. The van der Waals surface area contributed by atoms with Crippen molar-refractivity contribution in [1.82, 2.24) is 14.5 Å². The van der Waals surface area contributed by atoms with E-state index in [2.05, 4.69) is 28.3 Å². The molecule has 0 radical (unpaired) electrons. The predicted molar refractivity (Wildman–Crippen MR) is 88.3 cm³/mol. The Balaban J connectivity index is 1.81. The molecule has 2 aromatic rings. The number of benzene rings is 1. The number of carboxylic acids is 1. The number of hydrogen-bond donors (Lipinski definition) is 1. The Hall–Kier alpha value is -2.14. The van der Waals surface area contributed by atoms with Gasteiger partial charge < -0.3 is 9.67 Å². The van der Waals surface area contributed by atoms with E-state index in [0.717, 1.165) is 24.3 Å². The molecule has 1 aliphatic rings. The van der Waals surface area contributed by atoms with Crippen molar-refractivity contribution in [2.75, 3.05) is 13.1 Å². The van der Waals surface area contributed by atoms with Crippen LogP contribution in [0.5, 0.6) is 0 Å². The van der Waals surface area contributed by atoms with Crippen molar-refractivity contribution in [3.63, 3.8) is 0 Å². The van der Waals surface area contributed by atoms with Gasteiger partial charge in [0.15, 0.2) is 0 Å². The van der Waals surface area contributed by atoms with Crippen molar-refractivity contribution in [2.45, 2.75) is 38.3 Å². The van der Waals surface area contributed by atoms with Crippen molar-refractivity contribution in [3.8, 4) is 0 Å². The van der Waals surface area contributed by atoms with Gasteiger partial charge in [-0.15, -0.1) is 0 Å². The van der Waals surface area contributed by atoms with E-state index in [9.17, 15) is 9.90 Å². The number of carbonyl (C=O) groups is 1. The van der Waals surface area contributed by atoms with E-state index in [1.165, 1.54) is 0 Å². The molecule has 1 unspecified atom stereocenters. The van der Waals surface area contributed by atoms with E-state index < -0.39 is 11.4 Å². The minimum atomic E-state index is -0.802. The third kappa shape index (κ3) is 2.88. The number of nitrogens with zero attached hydrogens (tertiary/aromatic N) is 3. The first kappa shape index (κ1) is 15.7. The number of aliphatic carboxylic acids is 1. The smallest absolute Gasteiger partial charge is 0.315 e. The number of rotatable bonds is 5. The van der Waals surface area contributed by atoms with Crippen LogP contribution in [0.15, 0.2) is 42.9 Å². The van der Waals surface area contributed by atoms with Crippen molar-refractivity contribution in [1.29, 1.82) is 0 Å². The van der Waals surface area contributed by atoms with Gasteiger partial charge in [-0.2, -0.15) is 0 Å². The summed E-state index contributed by atoms with van der Waals surface area (Å²) in [5.74, 6) is -0.733. The van der Waals surface area contributed by atoms with E-state index in [4.69, 9.17) is 0 Å². The van der Waals surface area contributed by atoms with Crippen LogP contribution < -0.4 is 0 Å². The number of carboxylic acid groups (broad SMARTS) is 1. The van der Waals surface area contributed by atoms with E-state index in [1.807, 2.05) is 42.9 Å². The van der Waals surface area contributed by atoms with Gasteiger partial charge in [0.2, 0.25) is 0 Å². The molecule has 0 spiro atoms. The molecule has 5 nitrogen and oxygen atoms in total. The van der Waals surface area contributed by atoms with Crippen LogP contribution in [0, 0.1) is 0 Å². The summed E-state index contributed by atoms with van der Waals surface area (Å²) in [6.45, 7) is 6.31. The second-order valence-electron chi connectivity index (χ2n) is 6.60. The molecule has 23 heavy (non-hydrogen) atoms. The van der Waals surface area contributed by atoms with Crippen LogP contribution in [0.3, 0.4) is 0 Å². The number of aromatic nitrogens is 2. The molecule has 1 N–H and O–H groups in total. The van der Waals surface area contributed by atoms with Gasteiger partial charge in [0.1, 0.15) is 5.41 Å². The van der Waals surface area contributed by atoms with Crippen LogP contribution >= 0.6 is 0 Å². The fourth-order valence-corrected chi connectivity index (χ4v) is 3.46. The van der Waals surface area contributed by atoms with Gasteiger partial charge in [0.05, 0.1) is 12.0 Å². The zero-order valence-electron chi connectivity index (χ0n) is 13.6. The number of likely N-dealkylation sites (tertiary alicyclic amines) is 1. The van der Waals surface area contributed by atoms with Crippen molar-refractivity contribution >= 4 is 5.97 Å². The van der Waals surface area contributed by atoms with Gasteiger partial charge in [0, 0.05) is 31.9 Å². The molecular formula is C18H23N3O2. The highest BCUT2D eigenvalue weighted by Crippen LogP contribution is 2.35. The Kier molecular flexibility index (Phi) is 4.22. The lowest BCUT2D eigenvalue weighted by Gasteiger charge is -2.25. The summed E-state index contributed by atoms with van der Waals surface area (Å²) in [7, 11) is 0. The molecule has 3 rings (SSSR count). The van der Waals surface area contributed by atoms with E-state index in [0.29, 0.717) is 19.0 Å². The van der Waals surface area contributed by atoms with Gasteiger partial charge in [-0.05, 0) is 25.8 Å². The Morgan fingerprint density at radius 2 is 2.09 bits per heavy atom. The first-order valence-electron chi connectivity index (χ1n) is 8.05. The fourth-order valence-electron chi connectivity index (χ4n) is 3.46. The average Bonchev–Trinajstić information content (AvgIpc) is 3.16.